The summed E-state index contributed by atoms with van der Waals surface area (Å²) in [7, 11) is 0. The molecule has 3 aromatic rings. The van der Waals surface area contributed by atoms with Gasteiger partial charge in [0.2, 0.25) is 0 Å². The van der Waals surface area contributed by atoms with Crippen LogP contribution in [0.15, 0.2) is 51.9 Å². The highest BCUT2D eigenvalue weighted by molar-refractivity contribution is 5.94. The zero-order valence-corrected chi connectivity index (χ0v) is 14.8. The topological polar surface area (TPSA) is 116 Å². The lowest BCUT2D eigenvalue weighted by atomic mass is 10.0. The summed E-state index contributed by atoms with van der Waals surface area (Å²) in [6.45, 7) is 3.11. The molecule has 0 aliphatic carbocycles. The van der Waals surface area contributed by atoms with Gasteiger partial charge in [0.25, 0.3) is 11.5 Å². The maximum atomic E-state index is 12.4. The van der Waals surface area contributed by atoms with E-state index in [2.05, 4.69) is 15.6 Å². The van der Waals surface area contributed by atoms with Crippen LogP contribution in [-0.2, 0) is 16.3 Å². The van der Waals surface area contributed by atoms with E-state index in [-0.39, 0.29) is 11.7 Å². The number of hydrogen-bond acceptors (Lipinski definition) is 7. The highest BCUT2D eigenvalue weighted by Gasteiger charge is 2.27. The van der Waals surface area contributed by atoms with Gasteiger partial charge in [-0.2, -0.15) is 4.68 Å². The third-order valence-electron chi connectivity index (χ3n) is 3.91. The second-order valence-electron chi connectivity index (χ2n) is 6.18. The number of ether oxygens (including phenoxy) is 1. The predicted molar refractivity (Wildman–Crippen MR) is 94.7 cm³/mol. The molecule has 0 saturated heterocycles. The van der Waals surface area contributed by atoms with E-state index in [4.69, 9.17) is 9.15 Å². The van der Waals surface area contributed by atoms with Gasteiger partial charge in [-0.1, -0.05) is 31.2 Å². The van der Waals surface area contributed by atoms with E-state index in [0.29, 0.717) is 10.9 Å². The van der Waals surface area contributed by atoms with Gasteiger partial charge in [-0.15, -0.1) is 5.10 Å². The molecule has 0 saturated carbocycles. The zero-order valence-electron chi connectivity index (χ0n) is 14.8. The van der Waals surface area contributed by atoms with Crippen LogP contribution in [0.4, 0.5) is 0 Å². The molecule has 0 fully saturated rings. The molecule has 2 aromatic heterocycles. The molecule has 1 aromatic carbocycles. The number of furan rings is 1. The quantitative estimate of drug-likeness (QED) is 0.651. The van der Waals surface area contributed by atoms with E-state index >= 15 is 0 Å². The van der Waals surface area contributed by atoms with Crippen LogP contribution < -0.4 is 10.9 Å². The van der Waals surface area contributed by atoms with Gasteiger partial charge >= 0.3 is 5.97 Å². The second kappa shape index (κ2) is 7.81. The summed E-state index contributed by atoms with van der Waals surface area (Å²) in [6.07, 6.45) is 1.36. The second-order valence-corrected chi connectivity index (χ2v) is 6.18. The summed E-state index contributed by atoms with van der Waals surface area (Å²) in [5.41, 5.74) is 0.0324. The Balaban J connectivity index is 1.70. The molecule has 1 unspecified atom stereocenters. The molecule has 1 amide bonds. The van der Waals surface area contributed by atoms with Crippen LogP contribution >= 0.6 is 0 Å². The zero-order chi connectivity index (χ0) is 19.4. The average Bonchev–Trinajstić information content (AvgIpc) is 3.20. The molecule has 1 atom stereocenters. The van der Waals surface area contributed by atoms with Crippen molar-refractivity contribution in [2.45, 2.75) is 26.6 Å². The number of aromatic nitrogens is 3. The number of esters is 1. The summed E-state index contributed by atoms with van der Waals surface area (Å²) >= 11 is 0. The monoisotopic (exact) mass is 370 g/mol. The standard InChI is InChI=1S/C18H18N4O5/c1-11(2)15(19-16(23)14-8-5-9-26-14)18(25)27-10-22-17(24)12-6-3-4-7-13(12)20-21-22/h3-9,11,15H,10H2,1-2H3,(H,19,23). The van der Waals surface area contributed by atoms with Crippen molar-refractivity contribution in [3.63, 3.8) is 0 Å². The van der Waals surface area contributed by atoms with E-state index in [1.165, 1.54) is 12.3 Å². The van der Waals surface area contributed by atoms with Crippen molar-refractivity contribution in [2.24, 2.45) is 5.92 Å². The Morgan fingerprint density at radius 2 is 2.00 bits per heavy atom. The first-order valence-electron chi connectivity index (χ1n) is 8.31. The molecule has 2 heterocycles. The van der Waals surface area contributed by atoms with Crippen LogP contribution in [0.2, 0.25) is 0 Å². The van der Waals surface area contributed by atoms with Crippen molar-refractivity contribution >= 4 is 22.8 Å². The molecule has 3 rings (SSSR count). The van der Waals surface area contributed by atoms with Gasteiger partial charge in [-0.05, 0) is 30.2 Å². The minimum absolute atomic E-state index is 0.0880. The summed E-state index contributed by atoms with van der Waals surface area (Å²) in [6, 6.07) is 8.89. The van der Waals surface area contributed by atoms with Crippen LogP contribution in [0, 0.1) is 5.92 Å². The molecule has 9 nitrogen and oxygen atoms in total. The van der Waals surface area contributed by atoms with Gasteiger partial charge in [0, 0.05) is 0 Å². The van der Waals surface area contributed by atoms with Crippen molar-refractivity contribution in [1.82, 2.24) is 20.3 Å². The summed E-state index contributed by atoms with van der Waals surface area (Å²) < 4.78 is 11.1. The van der Waals surface area contributed by atoms with Crippen molar-refractivity contribution in [2.75, 3.05) is 0 Å². The first-order chi connectivity index (χ1) is 13.0. The molecule has 0 spiro atoms. The molecule has 0 radical (unpaired) electrons. The van der Waals surface area contributed by atoms with Crippen LogP contribution in [0.5, 0.6) is 0 Å². The van der Waals surface area contributed by atoms with Gasteiger partial charge in [0.05, 0.1) is 11.6 Å². The fourth-order valence-corrected chi connectivity index (χ4v) is 2.44. The Bertz CT molecular complexity index is 1010. The van der Waals surface area contributed by atoms with Crippen LogP contribution in [0.25, 0.3) is 10.9 Å². The van der Waals surface area contributed by atoms with Crippen LogP contribution in [0.1, 0.15) is 24.4 Å². The Hall–Kier alpha value is -3.49. The molecule has 0 aliphatic heterocycles. The lowest BCUT2D eigenvalue weighted by Gasteiger charge is -2.20. The molecule has 1 N–H and O–H groups in total. The summed E-state index contributed by atoms with van der Waals surface area (Å²) in [5.74, 6) is -1.37. The van der Waals surface area contributed by atoms with Gasteiger partial charge in [0.1, 0.15) is 11.6 Å². The normalized spacial score (nSPS) is 12.1. The third kappa shape index (κ3) is 4.02. The molecule has 9 heteroatoms. The highest BCUT2D eigenvalue weighted by Crippen LogP contribution is 2.08. The minimum Gasteiger partial charge on any atom is -0.459 e. The van der Waals surface area contributed by atoms with Crippen molar-refractivity contribution in [1.29, 1.82) is 0 Å². The Morgan fingerprint density at radius 3 is 2.70 bits per heavy atom. The Morgan fingerprint density at radius 1 is 1.22 bits per heavy atom. The average molecular weight is 370 g/mol. The number of amides is 1. The lowest BCUT2D eigenvalue weighted by Crippen LogP contribution is -2.45. The maximum Gasteiger partial charge on any atom is 0.330 e. The van der Waals surface area contributed by atoms with Crippen LogP contribution in [-0.4, -0.2) is 32.9 Å². The van der Waals surface area contributed by atoms with E-state index in [9.17, 15) is 14.4 Å². The van der Waals surface area contributed by atoms with Gasteiger partial charge in [-0.3, -0.25) is 9.59 Å². The largest absolute Gasteiger partial charge is 0.459 e. The first kappa shape index (κ1) is 18.3. The third-order valence-corrected chi connectivity index (χ3v) is 3.91. The van der Waals surface area contributed by atoms with Crippen molar-refractivity contribution in [3.8, 4) is 0 Å². The van der Waals surface area contributed by atoms with E-state index in [1.54, 1.807) is 44.2 Å². The number of hydrogen-bond donors (Lipinski definition) is 1. The Kier molecular flexibility index (Phi) is 5.30. The maximum absolute atomic E-state index is 12.4. The smallest absolute Gasteiger partial charge is 0.330 e. The number of carbonyl (C=O) groups excluding carboxylic acids is 2. The number of fused-ring (bicyclic) bond motifs is 1. The number of rotatable bonds is 6. The summed E-state index contributed by atoms with van der Waals surface area (Å²) in [4.78, 5) is 36.9. The SMILES string of the molecule is CC(C)C(NC(=O)c1ccco1)C(=O)OCn1nnc2ccccc2c1=O. The number of nitrogens with zero attached hydrogens (tertiary/aromatic N) is 3. The van der Waals surface area contributed by atoms with E-state index < -0.39 is 30.2 Å². The van der Waals surface area contributed by atoms with Gasteiger partial charge in [-0.25, -0.2) is 4.79 Å². The molecular formula is C18H18N4O5. The molecular weight excluding hydrogens is 352 g/mol. The lowest BCUT2D eigenvalue weighted by molar-refractivity contribution is -0.151. The fourth-order valence-electron chi connectivity index (χ4n) is 2.44. The van der Waals surface area contributed by atoms with E-state index in [0.717, 1.165) is 4.68 Å². The fraction of sp³-hybridized carbons (Fsp3) is 0.278. The number of carbonyl (C=O) groups is 2. The first-order valence-corrected chi connectivity index (χ1v) is 8.31. The molecule has 0 aliphatic rings. The summed E-state index contributed by atoms with van der Waals surface area (Å²) in [5, 5.41) is 10.6. The van der Waals surface area contributed by atoms with Crippen molar-refractivity contribution < 1.29 is 18.7 Å². The van der Waals surface area contributed by atoms with Crippen LogP contribution in [0.3, 0.4) is 0 Å². The van der Waals surface area contributed by atoms with Crippen molar-refractivity contribution in [3.05, 3.63) is 58.8 Å². The van der Waals surface area contributed by atoms with Gasteiger partial charge < -0.3 is 14.5 Å². The number of benzene rings is 1. The molecule has 0 bridgehead atoms. The molecule has 140 valence electrons. The highest BCUT2D eigenvalue weighted by atomic mass is 16.5. The molecule has 27 heavy (non-hydrogen) atoms. The minimum atomic E-state index is -0.910. The number of nitrogens with one attached hydrogen (secondary N) is 1. The van der Waals surface area contributed by atoms with E-state index in [1.807, 2.05) is 0 Å². The predicted octanol–water partition coefficient (Wildman–Crippen LogP) is 1.34. The van der Waals surface area contributed by atoms with Gasteiger partial charge in [0.15, 0.2) is 12.5 Å². The Labute approximate surface area is 153 Å².